The van der Waals surface area contributed by atoms with Crippen molar-refractivity contribution in [3.63, 3.8) is 0 Å². The number of nitrogens with zero attached hydrogens (tertiary/aromatic N) is 1. The standard InChI is InChI=1S/C23H30FN3O3.HI/c1-4-25-22(27-15-23(8-9-23)17-6-5-7-18(24)12-17)26-14-21(28)16-10-19(29-2)13-20(11-16)30-3;/h5-7,10-13,21,28H,4,8-9,14-15H2,1-3H3,(H2,25,26,27);1H. The Bertz CT molecular complexity index is 868. The maximum Gasteiger partial charge on any atom is 0.191 e. The molecule has 1 atom stereocenters. The molecule has 0 spiro atoms. The molecule has 1 aliphatic rings. The summed E-state index contributed by atoms with van der Waals surface area (Å²) in [6.45, 7) is 3.52. The van der Waals surface area contributed by atoms with Gasteiger partial charge in [0.25, 0.3) is 0 Å². The number of aliphatic hydroxyl groups excluding tert-OH is 1. The van der Waals surface area contributed by atoms with Gasteiger partial charge in [0, 0.05) is 24.6 Å². The molecule has 3 N–H and O–H groups in total. The molecule has 31 heavy (non-hydrogen) atoms. The average Bonchev–Trinajstić information content (AvgIpc) is 3.56. The zero-order valence-corrected chi connectivity index (χ0v) is 20.5. The minimum atomic E-state index is -0.768. The fourth-order valence-electron chi connectivity index (χ4n) is 3.41. The van der Waals surface area contributed by atoms with Crippen LogP contribution in [0.1, 0.15) is 37.0 Å². The molecule has 3 rings (SSSR count). The van der Waals surface area contributed by atoms with E-state index in [1.165, 1.54) is 6.07 Å². The number of rotatable bonds is 9. The van der Waals surface area contributed by atoms with Gasteiger partial charge in [0.1, 0.15) is 17.3 Å². The Morgan fingerprint density at radius 2 is 1.81 bits per heavy atom. The maximum absolute atomic E-state index is 13.6. The summed E-state index contributed by atoms with van der Waals surface area (Å²) in [6.07, 6.45) is 1.22. The molecule has 170 valence electrons. The lowest BCUT2D eigenvalue weighted by Crippen LogP contribution is -2.40. The topological polar surface area (TPSA) is 75.1 Å². The average molecular weight is 543 g/mol. The second-order valence-electron chi connectivity index (χ2n) is 7.53. The molecule has 0 bridgehead atoms. The van der Waals surface area contributed by atoms with Gasteiger partial charge >= 0.3 is 0 Å². The van der Waals surface area contributed by atoms with E-state index < -0.39 is 6.10 Å². The zero-order valence-electron chi connectivity index (χ0n) is 18.2. The predicted octanol–water partition coefficient (Wildman–Crippen LogP) is 3.78. The smallest absolute Gasteiger partial charge is 0.191 e. The molecule has 0 amide bonds. The highest BCUT2D eigenvalue weighted by Gasteiger charge is 2.44. The molecule has 1 unspecified atom stereocenters. The van der Waals surface area contributed by atoms with E-state index in [9.17, 15) is 9.50 Å². The SMILES string of the molecule is CCNC(=NCC1(c2cccc(F)c2)CC1)NCC(O)c1cc(OC)cc(OC)c1.I. The van der Waals surface area contributed by atoms with Crippen LogP contribution in [-0.2, 0) is 5.41 Å². The lowest BCUT2D eigenvalue weighted by atomic mass is 9.96. The van der Waals surface area contributed by atoms with Crippen LogP contribution in [0, 0.1) is 5.82 Å². The highest BCUT2D eigenvalue weighted by Crippen LogP contribution is 2.48. The largest absolute Gasteiger partial charge is 0.497 e. The van der Waals surface area contributed by atoms with Crippen molar-refractivity contribution in [2.75, 3.05) is 33.9 Å². The third kappa shape index (κ3) is 6.70. The van der Waals surface area contributed by atoms with Crippen molar-refractivity contribution in [2.24, 2.45) is 4.99 Å². The van der Waals surface area contributed by atoms with E-state index in [2.05, 4.69) is 10.6 Å². The summed E-state index contributed by atoms with van der Waals surface area (Å²) in [5.41, 5.74) is 1.59. The third-order valence-electron chi connectivity index (χ3n) is 5.40. The second-order valence-corrected chi connectivity index (χ2v) is 7.53. The van der Waals surface area contributed by atoms with Gasteiger partial charge in [-0.15, -0.1) is 24.0 Å². The van der Waals surface area contributed by atoms with E-state index in [0.29, 0.717) is 36.1 Å². The highest BCUT2D eigenvalue weighted by molar-refractivity contribution is 14.0. The Hall–Kier alpha value is -2.07. The molecule has 2 aromatic carbocycles. The number of halogens is 2. The summed E-state index contributed by atoms with van der Waals surface area (Å²) in [7, 11) is 3.15. The summed E-state index contributed by atoms with van der Waals surface area (Å²) in [6, 6.07) is 12.1. The Balaban J connectivity index is 0.00000341. The molecule has 0 radical (unpaired) electrons. The Labute approximate surface area is 200 Å². The quantitative estimate of drug-likeness (QED) is 0.255. The van der Waals surface area contributed by atoms with Gasteiger partial charge in [-0.25, -0.2) is 4.39 Å². The number of ether oxygens (including phenoxy) is 2. The molecule has 0 heterocycles. The third-order valence-corrected chi connectivity index (χ3v) is 5.40. The molecule has 8 heteroatoms. The summed E-state index contributed by atoms with van der Waals surface area (Å²) in [5, 5.41) is 17.0. The molecule has 1 fully saturated rings. The predicted molar refractivity (Wildman–Crippen MR) is 131 cm³/mol. The van der Waals surface area contributed by atoms with E-state index in [-0.39, 0.29) is 41.8 Å². The molecular weight excluding hydrogens is 512 g/mol. The molecule has 0 saturated heterocycles. The van der Waals surface area contributed by atoms with Crippen LogP contribution in [0.25, 0.3) is 0 Å². The fraction of sp³-hybridized carbons (Fsp3) is 0.435. The number of benzene rings is 2. The van der Waals surface area contributed by atoms with Crippen molar-refractivity contribution < 1.29 is 19.0 Å². The van der Waals surface area contributed by atoms with Gasteiger partial charge in [0.2, 0.25) is 0 Å². The van der Waals surface area contributed by atoms with Crippen LogP contribution in [0.2, 0.25) is 0 Å². The molecule has 6 nitrogen and oxygen atoms in total. The van der Waals surface area contributed by atoms with Crippen molar-refractivity contribution in [2.45, 2.75) is 31.3 Å². The van der Waals surface area contributed by atoms with Crippen LogP contribution in [-0.4, -0.2) is 44.9 Å². The number of aliphatic imine (C=N–C) groups is 1. The molecular formula is C23H31FIN3O3. The summed E-state index contributed by atoms with van der Waals surface area (Å²) >= 11 is 0. The number of hydrogen-bond donors (Lipinski definition) is 3. The number of hydrogen-bond acceptors (Lipinski definition) is 4. The Morgan fingerprint density at radius 3 is 2.35 bits per heavy atom. The normalized spacial score (nSPS) is 15.5. The van der Waals surface area contributed by atoms with Crippen molar-refractivity contribution >= 4 is 29.9 Å². The van der Waals surface area contributed by atoms with E-state index in [1.54, 1.807) is 44.6 Å². The molecule has 1 saturated carbocycles. The number of nitrogens with one attached hydrogen (secondary N) is 2. The first-order valence-electron chi connectivity index (χ1n) is 10.2. The van der Waals surface area contributed by atoms with Gasteiger partial charge in [-0.1, -0.05) is 12.1 Å². The lowest BCUT2D eigenvalue weighted by Gasteiger charge is -2.18. The van der Waals surface area contributed by atoms with Crippen molar-refractivity contribution in [1.82, 2.24) is 10.6 Å². The van der Waals surface area contributed by atoms with Gasteiger partial charge in [0.15, 0.2) is 5.96 Å². The first kappa shape index (κ1) is 25.2. The minimum absolute atomic E-state index is 0. The summed E-state index contributed by atoms with van der Waals surface area (Å²) in [4.78, 5) is 4.70. The van der Waals surface area contributed by atoms with Crippen molar-refractivity contribution in [3.8, 4) is 11.5 Å². The molecule has 0 aliphatic heterocycles. The highest BCUT2D eigenvalue weighted by atomic mass is 127. The number of methoxy groups -OCH3 is 2. The maximum atomic E-state index is 13.6. The monoisotopic (exact) mass is 543 g/mol. The second kappa shape index (κ2) is 11.5. The lowest BCUT2D eigenvalue weighted by molar-refractivity contribution is 0.180. The fourth-order valence-corrected chi connectivity index (χ4v) is 3.41. The molecule has 1 aliphatic carbocycles. The van der Waals surface area contributed by atoms with Crippen LogP contribution >= 0.6 is 24.0 Å². The minimum Gasteiger partial charge on any atom is -0.497 e. The van der Waals surface area contributed by atoms with Gasteiger partial charge in [0.05, 0.1) is 26.9 Å². The van der Waals surface area contributed by atoms with Crippen molar-refractivity contribution in [1.29, 1.82) is 0 Å². The summed E-state index contributed by atoms with van der Waals surface area (Å²) in [5.74, 6) is 1.64. The van der Waals surface area contributed by atoms with E-state index in [1.807, 2.05) is 13.0 Å². The first-order chi connectivity index (χ1) is 14.5. The summed E-state index contributed by atoms with van der Waals surface area (Å²) < 4.78 is 24.2. The van der Waals surface area contributed by atoms with E-state index in [0.717, 1.165) is 18.4 Å². The van der Waals surface area contributed by atoms with Crippen LogP contribution in [0.3, 0.4) is 0 Å². The number of guanidine groups is 1. The van der Waals surface area contributed by atoms with Crippen molar-refractivity contribution in [3.05, 3.63) is 59.4 Å². The Morgan fingerprint density at radius 1 is 1.13 bits per heavy atom. The van der Waals surface area contributed by atoms with Crippen LogP contribution in [0.15, 0.2) is 47.5 Å². The van der Waals surface area contributed by atoms with Gasteiger partial charge in [-0.3, -0.25) is 4.99 Å². The molecule has 0 aromatic heterocycles. The van der Waals surface area contributed by atoms with Gasteiger partial charge in [-0.2, -0.15) is 0 Å². The van der Waals surface area contributed by atoms with Gasteiger partial charge in [-0.05, 0) is 55.2 Å². The van der Waals surface area contributed by atoms with E-state index >= 15 is 0 Å². The Kier molecular flexibility index (Phi) is 9.36. The van der Waals surface area contributed by atoms with Crippen LogP contribution < -0.4 is 20.1 Å². The number of aliphatic hydroxyl groups is 1. The van der Waals surface area contributed by atoms with Gasteiger partial charge < -0.3 is 25.2 Å². The zero-order chi connectivity index (χ0) is 21.6. The van der Waals surface area contributed by atoms with Crippen LogP contribution in [0.4, 0.5) is 4.39 Å². The first-order valence-corrected chi connectivity index (χ1v) is 10.2. The van der Waals surface area contributed by atoms with E-state index in [4.69, 9.17) is 14.5 Å². The molecule has 2 aromatic rings. The van der Waals surface area contributed by atoms with Crippen LogP contribution in [0.5, 0.6) is 11.5 Å².